The number of halogens is 1. The van der Waals surface area contributed by atoms with E-state index in [1.165, 1.54) is 22.8 Å². The van der Waals surface area contributed by atoms with Crippen LogP contribution < -0.4 is 10.1 Å². The molecule has 1 atom stereocenters. The minimum absolute atomic E-state index is 0.102. The van der Waals surface area contributed by atoms with Gasteiger partial charge in [0.2, 0.25) is 0 Å². The SMILES string of the molecule is CCc1cc(OC)ccc1C1NCCc2c1[nH]c1ccc(F)cc21. The van der Waals surface area contributed by atoms with E-state index in [9.17, 15) is 4.39 Å². The molecule has 0 saturated heterocycles. The molecule has 3 nitrogen and oxygen atoms in total. The fourth-order valence-corrected chi connectivity index (χ4v) is 3.76. The molecule has 1 aliphatic heterocycles. The van der Waals surface area contributed by atoms with Gasteiger partial charge in [-0.3, -0.25) is 0 Å². The van der Waals surface area contributed by atoms with Crippen LogP contribution >= 0.6 is 0 Å². The van der Waals surface area contributed by atoms with E-state index in [-0.39, 0.29) is 11.9 Å². The second kappa shape index (κ2) is 5.95. The van der Waals surface area contributed by atoms with Crippen molar-refractivity contribution in [3.05, 3.63) is 64.6 Å². The zero-order valence-corrected chi connectivity index (χ0v) is 13.9. The normalized spacial score (nSPS) is 17.0. The Morgan fingerprint density at radius 2 is 2.08 bits per heavy atom. The molecule has 1 unspecified atom stereocenters. The van der Waals surface area contributed by atoms with Gasteiger partial charge in [0, 0.05) is 23.1 Å². The Hall–Kier alpha value is -2.33. The number of aryl methyl sites for hydroxylation is 1. The van der Waals surface area contributed by atoms with E-state index in [1.807, 2.05) is 12.1 Å². The van der Waals surface area contributed by atoms with Crippen LogP contribution in [0.5, 0.6) is 5.75 Å². The van der Waals surface area contributed by atoms with Gasteiger partial charge in [-0.1, -0.05) is 13.0 Å². The van der Waals surface area contributed by atoms with Gasteiger partial charge in [0.1, 0.15) is 11.6 Å². The number of H-pyrrole nitrogens is 1. The lowest BCUT2D eigenvalue weighted by atomic mass is 9.90. The molecule has 0 saturated carbocycles. The van der Waals surface area contributed by atoms with Crippen LogP contribution in [0.2, 0.25) is 0 Å². The van der Waals surface area contributed by atoms with Crippen molar-refractivity contribution in [1.82, 2.24) is 10.3 Å². The maximum absolute atomic E-state index is 13.7. The van der Waals surface area contributed by atoms with Crippen LogP contribution in [-0.2, 0) is 12.8 Å². The number of aromatic nitrogens is 1. The zero-order chi connectivity index (χ0) is 16.7. The molecular formula is C20H21FN2O. The van der Waals surface area contributed by atoms with Crippen LogP contribution in [0.3, 0.4) is 0 Å². The summed E-state index contributed by atoms with van der Waals surface area (Å²) in [7, 11) is 1.69. The molecule has 4 heteroatoms. The van der Waals surface area contributed by atoms with Gasteiger partial charge in [-0.05, 0) is 59.9 Å². The summed E-state index contributed by atoms with van der Waals surface area (Å²) in [6.07, 6.45) is 1.85. The van der Waals surface area contributed by atoms with Gasteiger partial charge in [0.05, 0.1) is 13.2 Å². The summed E-state index contributed by atoms with van der Waals surface area (Å²) in [5.41, 5.74) is 5.91. The van der Waals surface area contributed by atoms with Gasteiger partial charge >= 0.3 is 0 Å². The Bertz CT molecular complexity index is 900. The first-order valence-electron chi connectivity index (χ1n) is 8.41. The highest BCUT2D eigenvalue weighted by Gasteiger charge is 2.26. The maximum atomic E-state index is 13.7. The smallest absolute Gasteiger partial charge is 0.123 e. The molecule has 2 aromatic carbocycles. The van der Waals surface area contributed by atoms with Crippen molar-refractivity contribution < 1.29 is 9.13 Å². The van der Waals surface area contributed by atoms with Crippen molar-refractivity contribution in [1.29, 1.82) is 0 Å². The molecule has 0 radical (unpaired) electrons. The van der Waals surface area contributed by atoms with Crippen LogP contribution in [0.1, 0.15) is 35.3 Å². The number of fused-ring (bicyclic) bond motifs is 3. The third-order valence-electron chi connectivity index (χ3n) is 4.96. The van der Waals surface area contributed by atoms with E-state index < -0.39 is 0 Å². The molecule has 1 aromatic heterocycles. The standard InChI is InChI=1S/C20H21FN2O/c1-3-12-10-14(24-2)5-6-15(12)19-20-16(8-9-22-19)17-11-13(21)4-7-18(17)23-20/h4-7,10-11,19,22-23H,3,8-9H2,1-2H3. The molecule has 0 aliphatic carbocycles. The Kier molecular flexibility index (Phi) is 3.77. The summed E-state index contributed by atoms with van der Waals surface area (Å²) in [6.45, 7) is 3.04. The molecule has 1 aliphatic rings. The molecule has 24 heavy (non-hydrogen) atoms. The van der Waals surface area contributed by atoms with Crippen LogP contribution in [0.15, 0.2) is 36.4 Å². The molecular weight excluding hydrogens is 303 g/mol. The van der Waals surface area contributed by atoms with Crippen molar-refractivity contribution in [2.75, 3.05) is 13.7 Å². The lowest BCUT2D eigenvalue weighted by Crippen LogP contribution is -2.31. The summed E-state index contributed by atoms with van der Waals surface area (Å²) < 4.78 is 19.0. The number of methoxy groups -OCH3 is 1. The van der Waals surface area contributed by atoms with E-state index >= 15 is 0 Å². The molecule has 0 amide bonds. The predicted molar refractivity (Wildman–Crippen MR) is 94.2 cm³/mol. The van der Waals surface area contributed by atoms with E-state index in [0.717, 1.165) is 41.7 Å². The zero-order valence-electron chi connectivity index (χ0n) is 13.9. The van der Waals surface area contributed by atoms with Gasteiger partial charge < -0.3 is 15.0 Å². The number of hydrogen-bond acceptors (Lipinski definition) is 2. The minimum atomic E-state index is -0.182. The lowest BCUT2D eigenvalue weighted by molar-refractivity contribution is 0.413. The van der Waals surface area contributed by atoms with Crippen LogP contribution in [0.25, 0.3) is 10.9 Å². The second-order valence-electron chi connectivity index (χ2n) is 6.26. The van der Waals surface area contributed by atoms with Crippen molar-refractivity contribution in [3.8, 4) is 5.75 Å². The first-order chi connectivity index (χ1) is 11.7. The molecule has 0 fully saturated rings. The van der Waals surface area contributed by atoms with Gasteiger partial charge in [0.15, 0.2) is 0 Å². The first-order valence-corrected chi connectivity index (χ1v) is 8.41. The average molecular weight is 324 g/mol. The predicted octanol–water partition coefficient (Wildman–Crippen LogP) is 4.11. The number of aromatic amines is 1. The summed E-state index contributed by atoms with van der Waals surface area (Å²) in [6, 6.07) is 11.3. The molecule has 124 valence electrons. The quantitative estimate of drug-likeness (QED) is 0.760. The Labute approximate surface area is 140 Å². The lowest BCUT2D eigenvalue weighted by Gasteiger charge is -2.27. The highest BCUT2D eigenvalue weighted by atomic mass is 19.1. The third kappa shape index (κ3) is 2.38. The van der Waals surface area contributed by atoms with Crippen molar-refractivity contribution in [3.63, 3.8) is 0 Å². The molecule has 3 aromatic rings. The fourth-order valence-electron chi connectivity index (χ4n) is 3.76. The number of benzene rings is 2. The molecule has 0 spiro atoms. The third-order valence-corrected chi connectivity index (χ3v) is 4.96. The van der Waals surface area contributed by atoms with Crippen molar-refractivity contribution >= 4 is 10.9 Å². The molecule has 0 bridgehead atoms. The maximum Gasteiger partial charge on any atom is 0.123 e. The molecule has 4 rings (SSSR count). The summed E-state index contributed by atoms with van der Waals surface area (Å²) in [4.78, 5) is 3.51. The Morgan fingerprint density at radius 1 is 1.21 bits per heavy atom. The van der Waals surface area contributed by atoms with Gasteiger partial charge in [-0.25, -0.2) is 4.39 Å². The van der Waals surface area contributed by atoms with E-state index in [1.54, 1.807) is 13.2 Å². The highest BCUT2D eigenvalue weighted by Crippen LogP contribution is 2.36. The van der Waals surface area contributed by atoms with Gasteiger partial charge in [-0.15, -0.1) is 0 Å². The monoisotopic (exact) mass is 324 g/mol. The number of ether oxygens (including phenoxy) is 1. The molecule has 2 N–H and O–H groups in total. The van der Waals surface area contributed by atoms with Crippen molar-refractivity contribution in [2.45, 2.75) is 25.8 Å². The number of nitrogens with one attached hydrogen (secondary N) is 2. The largest absolute Gasteiger partial charge is 0.497 e. The fraction of sp³-hybridized carbons (Fsp3) is 0.300. The van der Waals surface area contributed by atoms with Gasteiger partial charge in [-0.2, -0.15) is 0 Å². The number of hydrogen-bond donors (Lipinski definition) is 2. The number of rotatable bonds is 3. The van der Waals surface area contributed by atoms with E-state index in [2.05, 4.69) is 29.4 Å². The topological polar surface area (TPSA) is 37.0 Å². The Balaban J connectivity index is 1.86. The van der Waals surface area contributed by atoms with Crippen molar-refractivity contribution in [2.24, 2.45) is 0 Å². The van der Waals surface area contributed by atoms with E-state index in [0.29, 0.717) is 0 Å². The van der Waals surface area contributed by atoms with Crippen LogP contribution in [0, 0.1) is 5.82 Å². The summed E-state index contributed by atoms with van der Waals surface area (Å²) >= 11 is 0. The summed E-state index contributed by atoms with van der Waals surface area (Å²) in [5, 5.41) is 4.62. The second-order valence-corrected chi connectivity index (χ2v) is 6.26. The van der Waals surface area contributed by atoms with Gasteiger partial charge in [0.25, 0.3) is 0 Å². The average Bonchev–Trinajstić information content (AvgIpc) is 2.99. The van der Waals surface area contributed by atoms with Crippen LogP contribution in [-0.4, -0.2) is 18.6 Å². The molecule has 2 heterocycles. The minimum Gasteiger partial charge on any atom is -0.497 e. The highest BCUT2D eigenvalue weighted by molar-refractivity contribution is 5.85. The summed E-state index contributed by atoms with van der Waals surface area (Å²) in [5.74, 6) is 0.698. The Morgan fingerprint density at radius 3 is 2.88 bits per heavy atom. The van der Waals surface area contributed by atoms with Crippen LogP contribution in [0.4, 0.5) is 4.39 Å². The first kappa shape index (κ1) is 15.2. The van der Waals surface area contributed by atoms with E-state index in [4.69, 9.17) is 4.74 Å².